The zero-order valence-corrected chi connectivity index (χ0v) is 11.3. The van der Waals surface area contributed by atoms with E-state index in [1.54, 1.807) is 0 Å². The lowest BCUT2D eigenvalue weighted by molar-refractivity contribution is 0.0109. The fourth-order valence-corrected chi connectivity index (χ4v) is 3.24. The van der Waals surface area contributed by atoms with E-state index < -0.39 is 0 Å². The van der Waals surface area contributed by atoms with Crippen LogP contribution in [0.2, 0.25) is 0 Å². The maximum Gasteiger partial charge on any atom is 0.0195 e. The van der Waals surface area contributed by atoms with Crippen molar-refractivity contribution in [3.8, 4) is 0 Å². The lowest BCUT2D eigenvalue weighted by Gasteiger charge is -2.47. The van der Waals surface area contributed by atoms with Crippen LogP contribution in [-0.2, 0) is 0 Å². The summed E-state index contributed by atoms with van der Waals surface area (Å²) in [7, 11) is 2.22. The molecule has 3 heteroatoms. The molecule has 0 aromatic carbocycles. The van der Waals surface area contributed by atoms with Gasteiger partial charge in [0.05, 0.1) is 0 Å². The summed E-state index contributed by atoms with van der Waals surface area (Å²) in [5.41, 5.74) is 0. The molecule has 0 radical (unpaired) electrons. The van der Waals surface area contributed by atoms with Gasteiger partial charge in [-0.2, -0.15) is 0 Å². The van der Waals surface area contributed by atoms with Crippen molar-refractivity contribution >= 4 is 0 Å². The van der Waals surface area contributed by atoms with Gasteiger partial charge in [-0.25, -0.2) is 0 Å². The quantitative estimate of drug-likeness (QED) is 0.708. The highest BCUT2D eigenvalue weighted by atomic mass is 15.3. The molecule has 2 rings (SSSR count). The molecule has 16 heavy (non-hydrogen) atoms. The van der Waals surface area contributed by atoms with Gasteiger partial charge in [-0.1, -0.05) is 6.92 Å². The van der Waals surface area contributed by atoms with E-state index in [0.29, 0.717) is 0 Å². The van der Waals surface area contributed by atoms with Crippen LogP contribution in [0.25, 0.3) is 0 Å². The summed E-state index contributed by atoms with van der Waals surface area (Å²) in [5, 5.41) is 0. The molecule has 2 aliphatic rings. The molecule has 0 bridgehead atoms. The highest BCUT2D eigenvalue weighted by Gasteiger charge is 2.32. The van der Waals surface area contributed by atoms with Gasteiger partial charge >= 0.3 is 0 Å². The van der Waals surface area contributed by atoms with Crippen molar-refractivity contribution in [3.05, 3.63) is 0 Å². The fraction of sp³-hybridized carbons (Fsp3) is 1.00. The highest BCUT2D eigenvalue weighted by Crippen LogP contribution is 2.20. The first-order valence-corrected chi connectivity index (χ1v) is 6.76. The van der Waals surface area contributed by atoms with Crippen molar-refractivity contribution in [2.45, 2.75) is 32.9 Å². The van der Waals surface area contributed by atoms with Crippen LogP contribution >= 0.6 is 0 Å². The summed E-state index contributed by atoms with van der Waals surface area (Å²) in [6, 6.07) is 1.47. The second-order valence-electron chi connectivity index (χ2n) is 5.83. The van der Waals surface area contributed by atoms with Crippen molar-refractivity contribution in [1.82, 2.24) is 14.7 Å². The fourth-order valence-electron chi connectivity index (χ4n) is 3.24. The number of hydrogen-bond donors (Lipinski definition) is 0. The Balaban J connectivity index is 1.81. The Morgan fingerprint density at radius 1 is 0.938 bits per heavy atom. The molecule has 0 aliphatic carbocycles. The van der Waals surface area contributed by atoms with Crippen LogP contribution in [0.4, 0.5) is 0 Å². The topological polar surface area (TPSA) is 9.72 Å². The second-order valence-corrected chi connectivity index (χ2v) is 5.83. The molecule has 94 valence electrons. The van der Waals surface area contributed by atoms with Gasteiger partial charge in [-0.05, 0) is 33.4 Å². The third-order valence-electron chi connectivity index (χ3n) is 4.28. The number of piperazine rings is 1. The molecule has 2 aliphatic heterocycles. The maximum atomic E-state index is 2.70. The minimum Gasteiger partial charge on any atom is -0.306 e. The van der Waals surface area contributed by atoms with Crippen LogP contribution in [0.3, 0.4) is 0 Å². The number of nitrogens with zero attached hydrogens (tertiary/aromatic N) is 3. The van der Waals surface area contributed by atoms with Crippen LogP contribution in [0.1, 0.15) is 20.8 Å². The Bertz CT molecular complexity index is 223. The Morgan fingerprint density at radius 3 is 2.06 bits per heavy atom. The smallest absolute Gasteiger partial charge is 0.0195 e. The van der Waals surface area contributed by atoms with Crippen molar-refractivity contribution < 1.29 is 0 Å². The summed E-state index contributed by atoms with van der Waals surface area (Å²) in [6.45, 7) is 14.7. The largest absolute Gasteiger partial charge is 0.306 e. The van der Waals surface area contributed by atoms with Crippen LogP contribution in [0.15, 0.2) is 0 Å². The normalized spacial score (nSPS) is 35.2. The molecule has 2 saturated heterocycles. The molecule has 0 unspecified atom stereocenters. The van der Waals surface area contributed by atoms with Crippen molar-refractivity contribution in [2.24, 2.45) is 5.92 Å². The van der Waals surface area contributed by atoms with E-state index >= 15 is 0 Å². The maximum absolute atomic E-state index is 2.70. The third-order valence-corrected chi connectivity index (χ3v) is 4.28. The number of hydrogen-bond acceptors (Lipinski definition) is 3. The van der Waals surface area contributed by atoms with E-state index in [1.807, 2.05) is 0 Å². The second kappa shape index (κ2) is 5.03. The third kappa shape index (κ3) is 2.58. The van der Waals surface area contributed by atoms with Gasteiger partial charge in [0.2, 0.25) is 0 Å². The van der Waals surface area contributed by atoms with E-state index in [1.165, 1.54) is 39.3 Å². The summed E-state index contributed by atoms with van der Waals surface area (Å²) >= 11 is 0. The van der Waals surface area contributed by atoms with Gasteiger partial charge in [-0.3, -0.25) is 9.80 Å². The van der Waals surface area contributed by atoms with E-state index in [9.17, 15) is 0 Å². The highest BCUT2D eigenvalue weighted by molar-refractivity contribution is 4.88. The van der Waals surface area contributed by atoms with Gasteiger partial charge < -0.3 is 4.90 Å². The average molecular weight is 225 g/mol. The lowest BCUT2D eigenvalue weighted by Crippen LogP contribution is -2.59. The van der Waals surface area contributed by atoms with Crippen LogP contribution in [-0.4, -0.2) is 73.1 Å². The molecule has 0 N–H and O–H groups in total. The molecule has 2 atom stereocenters. The summed E-state index contributed by atoms with van der Waals surface area (Å²) in [4.78, 5) is 7.73. The number of rotatable bonds is 3. The Hall–Kier alpha value is -0.120. The Morgan fingerprint density at radius 2 is 1.50 bits per heavy atom. The van der Waals surface area contributed by atoms with Crippen molar-refractivity contribution in [1.29, 1.82) is 0 Å². The van der Waals surface area contributed by atoms with Gasteiger partial charge in [0.25, 0.3) is 0 Å². The zero-order chi connectivity index (χ0) is 11.7. The molecule has 0 aromatic rings. The molecule has 0 saturated carbocycles. The SMILES string of the molecule is CCN1C[C@@H](C)N(CC2CN(C)C2)C[C@@H]1C. The number of likely N-dealkylation sites (tertiary alicyclic amines) is 1. The molecular weight excluding hydrogens is 198 g/mol. The first-order valence-electron chi connectivity index (χ1n) is 6.76. The zero-order valence-electron chi connectivity index (χ0n) is 11.3. The summed E-state index contributed by atoms with van der Waals surface area (Å²) in [5.74, 6) is 0.924. The van der Waals surface area contributed by atoms with Crippen molar-refractivity contribution in [3.63, 3.8) is 0 Å². The van der Waals surface area contributed by atoms with E-state index in [0.717, 1.165) is 18.0 Å². The van der Waals surface area contributed by atoms with Crippen LogP contribution in [0.5, 0.6) is 0 Å². The van der Waals surface area contributed by atoms with Crippen LogP contribution in [0, 0.1) is 5.92 Å². The minimum atomic E-state index is 0.735. The number of likely N-dealkylation sites (N-methyl/N-ethyl adjacent to an activating group) is 1. The van der Waals surface area contributed by atoms with Gasteiger partial charge in [-0.15, -0.1) is 0 Å². The van der Waals surface area contributed by atoms with Crippen LogP contribution < -0.4 is 0 Å². The molecule has 2 heterocycles. The monoisotopic (exact) mass is 225 g/mol. The Labute approximate surface area is 100 Å². The van der Waals surface area contributed by atoms with Gasteiger partial charge in [0.1, 0.15) is 0 Å². The average Bonchev–Trinajstić information content (AvgIpc) is 2.20. The molecule has 0 spiro atoms. The van der Waals surface area contributed by atoms with E-state index in [2.05, 4.69) is 42.5 Å². The predicted molar refractivity (Wildman–Crippen MR) is 68.7 cm³/mol. The summed E-state index contributed by atoms with van der Waals surface area (Å²) < 4.78 is 0. The summed E-state index contributed by atoms with van der Waals surface area (Å²) in [6.07, 6.45) is 0. The molecule has 3 nitrogen and oxygen atoms in total. The minimum absolute atomic E-state index is 0.735. The Kier molecular flexibility index (Phi) is 3.88. The van der Waals surface area contributed by atoms with Gasteiger partial charge in [0.15, 0.2) is 0 Å². The standard InChI is InChI=1S/C13H27N3/c1-5-15-6-12(3)16(7-11(15)2)10-13-8-14(4)9-13/h11-13H,5-10H2,1-4H3/t11-,12+/m0/s1. The molecular formula is C13H27N3. The molecule has 0 aromatic heterocycles. The van der Waals surface area contributed by atoms with E-state index in [4.69, 9.17) is 0 Å². The first kappa shape index (κ1) is 12.3. The van der Waals surface area contributed by atoms with Crippen molar-refractivity contribution in [2.75, 3.05) is 46.3 Å². The molecule has 0 amide bonds. The first-order chi connectivity index (χ1) is 7.60. The predicted octanol–water partition coefficient (Wildman–Crippen LogP) is 0.963. The molecule has 2 fully saturated rings. The van der Waals surface area contributed by atoms with E-state index in [-0.39, 0.29) is 0 Å². The van der Waals surface area contributed by atoms with Gasteiger partial charge in [0, 0.05) is 44.8 Å². The lowest BCUT2D eigenvalue weighted by atomic mass is 9.98.